The van der Waals surface area contributed by atoms with Crippen molar-refractivity contribution in [3.63, 3.8) is 0 Å². The number of methoxy groups -OCH3 is 1. The fraction of sp³-hybridized carbons (Fsp3) is 0.765. The van der Waals surface area contributed by atoms with E-state index in [1.807, 2.05) is 47.6 Å². The molecule has 0 aromatic heterocycles. The van der Waals surface area contributed by atoms with Gasteiger partial charge in [0.05, 0.1) is 19.3 Å². The first kappa shape index (κ1) is 33.4. The Balaban J connectivity index is 1.96. The summed E-state index contributed by atoms with van der Waals surface area (Å²) in [6, 6.07) is 0. The lowest BCUT2D eigenvalue weighted by atomic mass is 9.35. The van der Waals surface area contributed by atoms with E-state index in [9.17, 15) is 29.4 Å². The summed E-state index contributed by atoms with van der Waals surface area (Å²) in [6.07, 6.45) is 0.759. The normalized spacial score (nSPS) is 43.0. The molecular formula is C34H50O9. The van der Waals surface area contributed by atoms with Crippen molar-refractivity contribution >= 4 is 23.7 Å². The second-order valence-corrected chi connectivity index (χ2v) is 14.4. The zero-order valence-corrected chi connectivity index (χ0v) is 27.2. The first-order valence-electron chi connectivity index (χ1n) is 15.6. The summed E-state index contributed by atoms with van der Waals surface area (Å²) in [5.41, 5.74) is -0.508. The van der Waals surface area contributed by atoms with Crippen LogP contribution in [0, 0.1) is 39.9 Å². The molecule has 11 atom stereocenters. The van der Waals surface area contributed by atoms with Gasteiger partial charge in [-0.05, 0) is 74.2 Å². The topological polar surface area (TPSA) is 136 Å². The van der Waals surface area contributed by atoms with Crippen LogP contribution < -0.4 is 0 Å². The minimum absolute atomic E-state index is 0.0316. The van der Waals surface area contributed by atoms with Gasteiger partial charge in [-0.1, -0.05) is 39.3 Å². The van der Waals surface area contributed by atoms with E-state index in [2.05, 4.69) is 0 Å². The summed E-state index contributed by atoms with van der Waals surface area (Å²) < 4.78 is 17.0. The Morgan fingerprint density at radius 3 is 2.21 bits per heavy atom. The number of hydrogen-bond acceptors (Lipinski definition) is 9. The quantitative estimate of drug-likeness (QED) is 0.195. The molecule has 4 aliphatic carbocycles. The summed E-state index contributed by atoms with van der Waals surface area (Å²) >= 11 is 0. The first-order valence-corrected chi connectivity index (χ1v) is 15.6. The standard InChI is InChI=1S/C34H50O9/c1-17(2)11-10-12-21(31(40)41-9)26-22-15-24(38)29-32(6)14-13-23(37)18(3)27(32)28(43-20(5)36)30(39)34(29,8)33(22,7)16-25(26)42-19(4)35/h11,18,22-23,25,27-30,37,39H,10,12-16H2,1-9H3/b26-21-/t18-,22+,23-,25+,27+,28-,29+,30+,32+,33+,34-/m1/s1. The molecule has 4 saturated carbocycles. The Hall–Kier alpha value is -2.52. The van der Waals surface area contributed by atoms with Crippen molar-refractivity contribution in [2.45, 2.75) is 118 Å². The van der Waals surface area contributed by atoms with Crippen LogP contribution in [0.15, 0.2) is 22.8 Å². The largest absolute Gasteiger partial charge is 0.466 e. The van der Waals surface area contributed by atoms with Crippen LogP contribution in [0.4, 0.5) is 0 Å². The molecule has 9 heteroatoms. The summed E-state index contributed by atoms with van der Waals surface area (Å²) in [4.78, 5) is 52.7. The lowest BCUT2D eigenvalue weighted by Gasteiger charge is -2.69. The van der Waals surface area contributed by atoms with Crippen molar-refractivity contribution in [3.05, 3.63) is 22.8 Å². The van der Waals surface area contributed by atoms with E-state index in [0.29, 0.717) is 43.3 Å². The van der Waals surface area contributed by atoms with Crippen molar-refractivity contribution < 1.29 is 43.6 Å². The molecule has 0 spiro atoms. The number of fused-ring (bicyclic) bond motifs is 5. The molecule has 0 aromatic rings. The van der Waals surface area contributed by atoms with Gasteiger partial charge in [0.1, 0.15) is 18.0 Å². The highest BCUT2D eigenvalue weighted by Crippen LogP contribution is 2.74. The average molecular weight is 603 g/mol. The Bertz CT molecular complexity index is 1230. The molecule has 4 aliphatic rings. The molecule has 0 radical (unpaired) electrons. The van der Waals surface area contributed by atoms with Crippen LogP contribution >= 0.6 is 0 Å². The molecule has 0 unspecified atom stereocenters. The van der Waals surface area contributed by atoms with Gasteiger partial charge in [-0.3, -0.25) is 14.4 Å². The van der Waals surface area contributed by atoms with Gasteiger partial charge in [0, 0.05) is 43.1 Å². The number of aliphatic hydroxyl groups is 2. The maximum atomic E-state index is 14.5. The van der Waals surface area contributed by atoms with Crippen molar-refractivity contribution in [2.24, 2.45) is 39.9 Å². The number of allylic oxidation sites excluding steroid dienone is 2. The third kappa shape index (κ3) is 5.18. The highest BCUT2D eigenvalue weighted by Gasteiger charge is 2.76. The predicted octanol–water partition coefficient (Wildman–Crippen LogP) is 4.48. The molecule has 0 heterocycles. The van der Waals surface area contributed by atoms with E-state index in [0.717, 1.165) is 5.57 Å². The second kappa shape index (κ2) is 11.8. The van der Waals surface area contributed by atoms with Crippen molar-refractivity contribution in [2.75, 3.05) is 7.11 Å². The van der Waals surface area contributed by atoms with Gasteiger partial charge in [-0.25, -0.2) is 4.79 Å². The highest BCUT2D eigenvalue weighted by atomic mass is 16.6. The molecule has 2 N–H and O–H groups in total. The number of aliphatic hydroxyl groups excluding tert-OH is 2. The average Bonchev–Trinajstić information content (AvgIpc) is 3.17. The minimum Gasteiger partial charge on any atom is -0.466 e. The van der Waals surface area contributed by atoms with Crippen LogP contribution in [-0.4, -0.2) is 65.4 Å². The maximum Gasteiger partial charge on any atom is 0.333 e. The number of ether oxygens (including phenoxy) is 3. The molecular weight excluding hydrogens is 552 g/mol. The predicted molar refractivity (Wildman–Crippen MR) is 158 cm³/mol. The lowest BCUT2D eigenvalue weighted by molar-refractivity contribution is -0.277. The van der Waals surface area contributed by atoms with Gasteiger partial charge < -0.3 is 24.4 Å². The molecule has 4 fully saturated rings. The number of carbonyl (C=O) groups is 4. The van der Waals surface area contributed by atoms with E-state index >= 15 is 0 Å². The molecule has 240 valence electrons. The summed E-state index contributed by atoms with van der Waals surface area (Å²) in [7, 11) is 1.32. The van der Waals surface area contributed by atoms with Gasteiger partial charge >= 0.3 is 17.9 Å². The van der Waals surface area contributed by atoms with Gasteiger partial charge in [-0.15, -0.1) is 0 Å². The van der Waals surface area contributed by atoms with Crippen molar-refractivity contribution in [1.82, 2.24) is 0 Å². The molecule has 0 amide bonds. The molecule has 4 rings (SSSR count). The molecule has 0 bridgehead atoms. The van der Waals surface area contributed by atoms with Crippen LogP contribution in [0.1, 0.15) is 93.9 Å². The fourth-order valence-electron chi connectivity index (χ4n) is 9.99. The number of ketones is 1. The third-order valence-corrected chi connectivity index (χ3v) is 11.8. The zero-order chi connectivity index (χ0) is 32.2. The van der Waals surface area contributed by atoms with Gasteiger partial charge in [-0.2, -0.15) is 0 Å². The molecule has 0 aliphatic heterocycles. The molecule has 0 saturated heterocycles. The fourth-order valence-corrected chi connectivity index (χ4v) is 9.99. The number of esters is 3. The van der Waals surface area contributed by atoms with Crippen LogP contribution in [-0.2, 0) is 33.4 Å². The SMILES string of the molecule is COC(=O)/C(CCC=C(C)C)=C1\[C@@H](OC(C)=O)C[C@@]2(C)[C@H]1CC(=O)[C@H]1[C@@]3(C)CC[C@@H](O)[C@@H](C)[C@H]3[C@@H](OC(C)=O)[C@H](O)[C@@]12C. The van der Waals surface area contributed by atoms with E-state index in [1.165, 1.54) is 21.0 Å². The highest BCUT2D eigenvalue weighted by molar-refractivity contribution is 5.91. The smallest absolute Gasteiger partial charge is 0.333 e. The van der Waals surface area contributed by atoms with Gasteiger partial charge in [0.15, 0.2) is 0 Å². The van der Waals surface area contributed by atoms with Crippen LogP contribution in [0.5, 0.6) is 0 Å². The monoisotopic (exact) mass is 602 g/mol. The molecule has 43 heavy (non-hydrogen) atoms. The third-order valence-electron chi connectivity index (χ3n) is 11.8. The lowest BCUT2D eigenvalue weighted by Crippen LogP contribution is -2.74. The Kier molecular flexibility index (Phi) is 9.13. The number of rotatable bonds is 6. The Labute approximate surface area is 255 Å². The van der Waals surface area contributed by atoms with Crippen molar-refractivity contribution in [1.29, 1.82) is 0 Å². The Morgan fingerprint density at radius 1 is 1.02 bits per heavy atom. The number of carbonyl (C=O) groups excluding carboxylic acids is 4. The van der Waals surface area contributed by atoms with Gasteiger partial charge in [0.2, 0.25) is 0 Å². The first-order chi connectivity index (χ1) is 19.9. The zero-order valence-electron chi connectivity index (χ0n) is 27.2. The van der Waals surface area contributed by atoms with E-state index in [-0.39, 0.29) is 18.1 Å². The van der Waals surface area contributed by atoms with E-state index in [1.54, 1.807) is 0 Å². The number of hydrogen-bond donors (Lipinski definition) is 2. The second-order valence-electron chi connectivity index (χ2n) is 14.4. The minimum atomic E-state index is -1.24. The van der Waals surface area contributed by atoms with Crippen LogP contribution in [0.25, 0.3) is 0 Å². The number of Topliss-reactive ketones (excluding diaryl/α,β-unsaturated/α-hetero) is 1. The maximum absolute atomic E-state index is 14.5. The molecule has 9 nitrogen and oxygen atoms in total. The van der Waals surface area contributed by atoms with Crippen molar-refractivity contribution in [3.8, 4) is 0 Å². The summed E-state index contributed by atoms with van der Waals surface area (Å²) in [6.45, 7) is 14.5. The van der Waals surface area contributed by atoms with E-state index < -0.39 is 76.3 Å². The summed E-state index contributed by atoms with van der Waals surface area (Å²) in [5.74, 6) is -3.46. The van der Waals surface area contributed by atoms with Crippen LogP contribution in [0.3, 0.4) is 0 Å². The van der Waals surface area contributed by atoms with Crippen LogP contribution in [0.2, 0.25) is 0 Å². The Morgan fingerprint density at radius 2 is 1.65 bits per heavy atom. The summed E-state index contributed by atoms with van der Waals surface area (Å²) in [5, 5.41) is 23.3. The molecule has 0 aromatic carbocycles. The van der Waals surface area contributed by atoms with E-state index in [4.69, 9.17) is 14.2 Å². The van der Waals surface area contributed by atoms with Gasteiger partial charge in [0.25, 0.3) is 0 Å².